The van der Waals surface area contributed by atoms with Crippen LogP contribution in [0.15, 0.2) is 12.1 Å². The van der Waals surface area contributed by atoms with Crippen LogP contribution in [-0.2, 0) is 9.53 Å². The normalized spacial score (nSPS) is 18.6. The van der Waals surface area contributed by atoms with Crippen LogP contribution in [0.2, 0.25) is 10.0 Å². The first-order chi connectivity index (χ1) is 9.90. The van der Waals surface area contributed by atoms with Crippen LogP contribution in [0.5, 0.6) is 0 Å². The number of nitro groups is 1. The average molecular weight is 335 g/mol. The number of carbonyl (C=O) groups is 1. The van der Waals surface area contributed by atoms with Gasteiger partial charge < -0.3 is 14.7 Å². The molecule has 1 aromatic carbocycles. The summed E-state index contributed by atoms with van der Waals surface area (Å²) >= 11 is 11.8. The van der Waals surface area contributed by atoms with Crippen molar-refractivity contribution in [3.63, 3.8) is 0 Å². The fourth-order valence-corrected chi connectivity index (χ4v) is 2.56. The number of hydrogen-bond donors (Lipinski definition) is 1. The van der Waals surface area contributed by atoms with Crippen molar-refractivity contribution >= 4 is 40.5 Å². The van der Waals surface area contributed by atoms with Gasteiger partial charge in [0.1, 0.15) is 5.69 Å². The number of aliphatic carboxylic acids is 1. The van der Waals surface area contributed by atoms with Gasteiger partial charge in [0.25, 0.3) is 5.69 Å². The van der Waals surface area contributed by atoms with Crippen molar-refractivity contribution in [3.05, 3.63) is 32.3 Å². The van der Waals surface area contributed by atoms with E-state index in [1.807, 2.05) is 0 Å². The van der Waals surface area contributed by atoms with E-state index >= 15 is 0 Å². The Kier molecular flexibility index (Phi) is 4.87. The molecule has 1 unspecified atom stereocenters. The molecule has 0 spiro atoms. The molecular weight excluding hydrogens is 323 g/mol. The monoisotopic (exact) mass is 334 g/mol. The lowest BCUT2D eigenvalue weighted by Crippen LogP contribution is -2.46. The number of nitrogens with zero attached hydrogens (tertiary/aromatic N) is 2. The summed E-state index contributed by atoms with van der Waals surface area (Å²) in [4.78, 5) is 23.2. The lowest BCUT2D eigenvalue weighted by Gasteiger charge is -2.36. The highest BCUT2D eigenvalue weighted by Crippen LogP contribution is 2.38. The molecular formula is C12H12Cl2N2O5. The summed E-state index contributed by atoms with van der Waals surface area (Å²) < 4.78 is 5.26. The fraction of sp³-hybridized carbons (Fsp3) is 0.417. The van der Waals surface area contributed by atoms with Crippen molar-refractivity contribution in [2.24, 2.45) is 0 Å². The van der Waals surface area contributed by atoms with E-state index in [0.717, 1.165) is 0 Å². The maximum absolute atomic E-state index is 11.2. The van der Waals surface area contributed by atoms with Crippen LogP contribution >= 0.6 is 23.2 Å². The third kappa shape index (κ3) is 3.55. The number of nitro benzene ring substituents is 1. The van der Waals surface area contributed by atoms with Crippen molar-refractivity contribution in [3.8, 4) is 0 Å². The number of ether oxygens (including phenoxy) is 1. The molecule has 7 nitrogen and oxygen atoms in total. The molecule has 1 aliphatic heterocycles. The minimum absolute atomic E-state index is 0.0789. The number of morpholine rings is 1. The Morgan fingerprint density at radius 3 is 2.76 bits per heavy atom. The van der Waals surface area contributed by atoms with Gasteiger partial charge in [0.2, 0.25) is 0 Å². The molecule has 1 N–H and O–H groups in total. The maximum atomic E-state index is 11.2. The van der Waals surface area contributed by atoms with E-state index in [4.69, 9.17) is 33.0 Å². The van der Waals surface area contributed by atoms with Crippen molar-refractivity contribution in [1.82, 2.24) is 0 Å². The van der Waals surface area contributed by atoms with E-state index in [-0.39, 0.29) is 34.4 Å². The number of halogens is 2. The largest absolute Gasteiger partial charge is 0.481 e. The van der Waals surface area contributed by atoms with E-state index < -0.39 is 16.9 Å². The highest BCUT2D eigenvalue weighted by atomic mass is 35.5. The molecule has 1 aliphatic rings. The molecule has 0 amide bonds. The van der Waals surface area contributed by atoms with Gasteiger partial charge in [-0.3, -0.25) is 14.9 Å². The molecule has 2 rings (SSSR count). The van der Waals surface area contributed by atoms with Crippen molar-refractivity contribution in [2.75, 3.05) is 24.7 Å². The second-order valence-corrected chi connectivity index (χ2v) is 5.35. The van der Waals surface area contributed by atoms with E-state index in [1.54, 1.807) is 4.90 Å². The van der Waals surface area contributed by atoms with Gasteiger partial charge in [-0.2, -0.15) is 0 Å². The minimum atomic E-state index is -1.00. The zero-order chi connectivity index (χ0) is 15.6. The minimum Gasteiger partial charge on any atom is -0.481 e. The van der Waals surface area contributed by atoms with Crippen LogP contribution in [0.25, 0.3) is 0 Å². The molecule has 1 heterocycles. The number of benzene rings is 1. The Morgan fingerprint density at radius 1 is 1.48 bits per heavy atom. The number of rotatable bonds is 4. The highest BCUT2D eigenvalue weighted by Gasteiger charge is 2.31. The number of carboxylic acids is 1. The zero-order valence-electron chi connectivity index (χ0n) is 10.8. The smallest absolute Gasteiger partial charge is 0.305 e. The van der Waals surface area contributed by atoms with E-state index in [0.29, 0.717) is 13.2 Å². The van der Waals surface area contributed by atoms with Crippen molar-refractivity contribution in [1.29, 1.82) is 0 Å². The summed E-state index contributed by atoms with van der Waals surface area (Å²) in [5.41, 5.74) is 0.0469. The summed E-state index contributed by atoms with van der Waals surface area (Å²) in [7, 11) is 0. The van der Waals surface area contributed by atoms with E-state index in [1.165, 1.54) is 12.1 Å². The van der Waals surface area contributed by atoms with Gasteiger partial charge in [0, 0.05) is 12.6 Å². The SMILES string of the molecule is O=C(O)CC1COCCN1c1cc(Cl)c(Cl)cc1[N+](=O)[O-]. The Labute approximate surface area is 130 Å². The van der Waals surface area contributed by atoms with Crippen LogP contribution in [0, 0.1) is 10.1 Å². The molecule has 1 aromatic rings. The van der Waals surface area contributed by atoms with Crippen LogP contribution < -0.4 is 4.90 Å². The molecule has 0 aromatic heterocycles. The third-order valence-electron chi connectivity index (χ3n) is 3.16. The van der Waals surface area contributed by atoms with Gasteiger partial charge in [-0.15, -0.1) is 0 Å². The average Bonchev–Trinajstić information content (AvgIpc) is 2.41. The zero-order valence-corrected chi connectivity index (χ0v) is 12.3. The highest BCUT2D eigenvalue weighted by molar-refractivity contribution is 6.42. The molecule has 0 bridgehead atoms. The van der Waals surface area contributed by atoms with Crippen LogP contribution in [-0.4, -0.2) is 41.8 Å². The summed E-state index contributed by atoms with van der Waals surface area (Å²) in [6, 6.07) is 2.07. The molecule has 1 saturated heterocycles. The second kappa shape index (κ2) is 6.46. The van der Waals surface area contributed by atoms with Gasteiger partial charge in [0.05, 0.1) is 40.6 Å². The Morgan fingerprint density at radius 2 is 2.14 bits per heavy atom. The summed E-state index contributed by atoms with van der Waals surface area (Å²) in [6.45, 7) is 0.883. The quantitative estimate of drug-likeness (QED) is 0.671. The van der Waals surface area contributed by atoms with Crippen LogP contribution in [0.3, 0.4) is 0 Å². The van der Waals surface area contributed by atoms with Gasteiger partial charge in [0.15, 0.2) is 0 Å². The van der Waals surface area contributed by atoms with Crippen molar-refractivity contribution < 1.29 is 19.6 Å². The second-order valence-electron chi connectivity index (χ2n) is 4.53. The first-order valence-electron chi connectivity index (χ1n) is 6.09. The molecule has 9 heteroatoms. The summed E-state index contributed by atoms with van der Waals surface area (Å²) in [5.74, 6) is -1.00. The standard InChI is InChI=1S/C12H12Cl2N2O5/c13-8-4-10(11(16(19)20)5-9(8)14)15-1-2-21-6-7(15)3-12(17)18/h4-5,7H,1-3,6H2,(H,17,18). The van der Waals surface area contributed by atoms with Gasteiger partial charge in [-0.25, -0.2) is 0 Å². The van der Waals surface area contributed by atoms with Crippen molar-refractivity contribution in [2.45, 2.75) is 12.5 Å². The first-order valence-corrected chi connectivity index (χ1v) is 6.85. The van der Waals surface area contributed by atoms with E-state index in [9.17, 15) is 14.9 Å². The Balaban J connectivity index is 2.44. The van der Waals surface area contributed by atoms with Gasteiger partial charge in [-0.1, -0.05) is 23.2 Å². The first kappa shape index (κ1) is 15.8. The predicted molar refractivity (Wildman–Crippen MR) is 77.3 cm³/mol. The number of carboxylic acid groups (broad SMARTS) is 1. The molecule has 0 aliphatic carbocycles. The van der Waals surface area contributed by atoms with Crippen LogP contribution in [0.1, 0.15) is 6.42 Å². The molecule has 1 atom stereocenters. The van der Waals surface area contributed by atoms with Crippen LogP contribution in [0.4, 0.5) is 11.4 Å². The maximum Gasteiger partial charge on any atom is 0.305 e. The third-order valence-corrected chi connectivity index (χ3v) is 3.88. The fourth-order valence-electron chi connectivity index (χ4n) is 2.24. The van der Waals surface area contributed by atoms with Gasteiger partial charge >= 0.3 is 5.97 Å². The Bertz CT molecular complexity index is 581. The molecule has 0 radical (unpaired) electrons. The van der Waals surface area contributed by atoms with E-state index in [2.05, 4.69) is 0 Å². The predicted octanol–water partition coefficient (Wildman–Crippen LogP) is 2.58. The summed E-state index contributed by atoms with van der Waals surface area (Å²) in [6.07, 6.45) is -0.183. The number of hydrogen-bond acceptors (Lipinski definition) is 5. The van der Waals surface area contributed by atoms with Gasteiger partial charge in [-0.05, 0) is 6.07 Å². The lowest BCUT2D eigenvalue weighted by atomic mass is 10.1. The molecule has 1 fully saturated rings. The Hall–Kier alpha value is -1.57. The lowest BCUT2D eigenvalue weighted by molar-refractivity contribution is -0.384. The number of anilines is 1. The molecule has 0 saturated carbocycles. The summed E-state index contributed by atoms with van der Waals surface area (Å²) in [5, 5.41) is 20.4. The molecule has 21 heavy (non-hydrogen) atoms. The topological polar surface area (TPSA) is 92.9 Å². The molecule has 114 valence electrons.